The summed E-state index contributed by atoms with van der Waals surface area (Å²) in [5.41, 5.74) is 2.27. The van der Waals surface area contributed by atoms with Crippen molar-refractivity contribution in [1.29, 1.82) is 5.26 Å². The van der Waals surface area contributed by atoms with Gasteiger partial charge in [0.2, 0.25) is 0 Å². The van der Waals surface area contributed by atoms with Gasteiger partial charge in [0.15, 0.2) is 5.69 Å². The molecular weight excluding hydrogens is 558 g/mol. The van der Waals surface area contributed by atoms with Gasteiger partial charge in [0.25, 0.3) is 7.37 Å². The molecule has 0 saturated carbocycles. The molecule has 1 heterocycles. The smallest absolute Gasteiger partial charge is 0.356 e. The number of rotatable bonds is 7. The minimum atomic E-state index is -3.76. The standard InChI is InChI=1S/C23H22IN2O4PS/c1-4-29-23(27)21-22(19-14-17(24)8-9-20(19)26(21)32)31(28,30-5-2)18-12-15(3)11-16(13-18)7-6-10-25/h6-9,11-14,32H,4-5H2,1-3H3/b7-6+. The van der Waals surface area contributed by atoms with Gasteiger partial charge in [-0.05, 0) is 90.9 Å². The molecular formula is C23H22IN2O4PS. The van der Waals surface area contributed by atoms with Crippen molar-refractivity contribution in [3.05, 3.63) is 62.9 Å². The molecule has 6 nitrogen and oxygen atoms in total. The van der Waals surface area contributed by atoms with Crippen molar-refractivity contribution in [2.24, 2.45) is 0 Å². The van der Waals surface area contributed by atoms with Crippen molar-refractivity contribution in [3.8, 4) is 6.07 Å². The number of thiol groups is 1. The highest BCUT2D eigenvalue weighted by atomic mass is 127. The molecule has 1 aromatic heterocycles. The van der Waals surface area contributed by atoms with Crippen molar-refractivity contribution in [3.63, 3.8) is 0 Å². The Labute approximate surface area is 206 Å². The van der Waals surface area contributed by atoms with Gasteiger partial charge in [0, 0.05) is 20.3 Å². The number of esters is 1. The number of hydrogen-bond donors (Lipinski definition) is 1. The molecule has 0 N–H and O–H groups in total. The monoisotopic (exact) mass is 580 g/mol. The minimum absolute atomic E-state index is 0.0830. The first-order valence-corrected chi connectivity index (χ1v) is 13.0. The van der Waals surface area contributed by atoms with Crippen LogP contribution in [0.1, 0.15) is 35.5 Å². The van der Waals surface area contributed by atoms with Gasteiger partial charge in [0.05, 0.1) is 30.1 Å². The molecule has 1 unspecified atom stereocenters. The van der Waals surface area contributed by atoms with Gasteiger partial charge >= 0.3 is 5.97 Å². The number of aryl methyl sites for hydroxylation is 1. The van der Waals surface area contributed by atoms with E-state index in [-0.39, 0.29) is 24.2 Å². The van der Waals surface area contributed by atoms with Crippen LogP contribution in [0.25, 0.3) is 17.0 Å². The van der Waals surface area contributed by atoms with E-state index >= 15 is 0 Å². The van der Waals surface area contributed by atoms with Crippen molar-refractivity contribution >= 4 is 76.3 Å². The molecule has 166 valence electrons. The predicted molar refractivity (Wildman–Crippen MR) is 139 cm³/mol. The molecule has 0 spiro atoms. The van der Waals surface area contributed by atoms with Crippen LogP contribution in [0.3, 0.4) is 0 Å². The van der Waals surface area contributed by atoms with E-state index in [0.717, 1.165) is 9.13 Å². The molecule has 3 aromatic rings. The first-order chi connectivity index (χ1) is 15.3. The van der Waals surface area contributed by atoms with E-state index in [9.17, 15) is 9.36 Å². The van der Waals surface area contributed by atoms with E-state index in [2.05, 4.69) is 35.4 Å². The van der Waals surface area contributed by atoms with Crippen molar-refractivity contribution in [2.75, 3.05) is 13.2 Å². The Morgan fingerprint density at radius 2 is 2.00 bits per heavy atom. The van der Waals surface area contributed by atoms with Gasteiger partial charge in [-0.3, -0.25) is 8.54 Å². The molecule has 2 aromatic carbocycles. The van der Waals surface area contributed by atoms with E-state index in [0.29, 0.717) is 21.8 Å². The molecule has 32 heavy (non-hydrogen) atoms. The lowest BCUT2D eigenvalue weighted by Gasteiger charge is -2.20. The van der Waals surface area contributed by atoms with Crippen LogP contribution in [0.15, 0.2) is 42.5 Å². The summed E-state index contributed by atoms with van der Waals surface area (Å²) in [5.74, 6) is -0.624. The van der Waals surface area contributed by atoms with Gasteiger partial charge in [-0.25, -0.2) is 4.79 Å². The molecule has 9 heteroatoms. The number of nitrogens with zero attached hydrogens (tertiary/aromatic N) is 2. The number of carbonyl (C=O) groups excluding carboxylic acids is 1. The molecule has 0 aliphatic carbocycles. The number of carbonyl (C=O) groups is 1. The first kappa shape index (κ1) is 24.6. The fourth-order valence-electron chi connectivity index (χ4n) is 3.55. The fourth-order valence-corrected chi connectivity index (χ4v) is 7.04. The highest BCUT2D eigenvalue weighted by molar-refractivity contribution is 14.1. The number of hydrogen-bond acceptors (Lipinski definition) is 6. The maximum Gasteiger partial charge on any atom is 0.356 e. The summed E-state index contributed by atoms with van der Waals surface area (Å²) in [6.45, 7) is 5.67. The zero-order chi connectivity index (χ0) is 23.5. The third-order valence-corrected chi connectivity index (χ3v) is 8.41. The summed E-state index contributed by atoms with van der Waals surface area (Å²) >= 11 is 6.71. The molecule has 3 rings (SSSR count). The second-order valence-electron chi connectivity index (χ2n) is 6.92. The lowest BCUT2D eigenvalue weighted by molar-refractivity contribution is 0.0520. The van der Waals surface area contributed by atoms with Crippen LogP contribution in [0.2, 0.25) is 0 Å². The average Bonchev–Trinajstić information content (AvgIpc) is 3.04. The highest BCUT2D eigenvalue weighted by Crippen LogP contribution is 2.49. The fraction of sp³-hybridized carbons (Fsp3) is 0.217. The average molecular weight is 580 g/mol. The molecule has 1 atom stereocenters. The number of ether oxygens (including phenoxy) is 1. The van der Waals surface area contributed by atoms with Crippen LogP contribution in [0.5, 0.6) is 0 Å². The lowest BCUT2D eigenvalue weighted by atomic mass is 10.1. The number of fused-ring (bicyclic) bond motifs is 1. The van der Waals surface area contributed by atoms with Gasteiger partial charge < -0.3 is 9.26 Å². The topological polar surface area (TPSA) is 81.3 Å². The molecule has 0 bridgehead atoms. The zero-order valence-electron chi connectivity index (χ0n) is 17.8. The second-order valence-corrected chi connectivity index (χ2v) is 10.9. The molecule has 0 amide bonds. The summed E-state index contributed by atoms with van der Waals surface area (Å²) in [5, 5.41) is 10.2. The predicted octanol–water partition coefficient (Wildman–Crippen LogP) is 5.23. The maximum absolute atomic E-state index is 14.7. The number of halogens is 1. The largest absolute Gasteiger partial charge is 0.461 e. The molecule has 0 radical (unpaired) electrons. The van der Waals surface area contributed by atoms with Crippen molar-refractivity contribution < 1.29 is 18.6 Å². The SMILES string of the molecule is CCOC(=O)c1c(P(=O)(OCC)c2cc(C)cc(/C=C/C#N)c2)c2cc(I)ccc2n1S. The Morgan fingerprint density at radius 3 is 2.66 bits per heavy atom. The summed E-state index contributed by atoms with van der Waals surface area (Å²) < 4.78 is 28.3. The van der Waals surface area contributed by atoms with Crippen molar-refractivity contribution in [2.45, 2.75) is 20.8 Å². The number of aromatic nitrogens is 1. The Bertz CT molecular complexity index is 1310. The maximum atomic E-state index is 14.7. The summed E-state index contributed by atoms with van der Waals surface area (Å²) in [7, 11) is -3.76. The van der Waals surface area contributed by atoms with Crippen LogP contribution in [0.4, 0.5) is 0 Å². The van der Waals surface area contributed by atoms with Gasteiger partial charge in [0.1, 0.15) is 0 Å². The van der Waals surface area contributed by atoms with Crippen LogP contribution in [0, 0.1) is 21.8 Å². The Kier molecular flexibility index (Phi) is 7.88. The summed E-state index contributed by atoms with van der Waals surface area (Å²) in [6, 6.07) is 12.9. The normalized spacial score (nSPS) is 13.2. The van der Waals surface area contributed by atoms with Gasteiger partial charge in [-0.15, -0.1) is 0 Å². The van der Waals surface area contributed by atoms with Crippen LogP contribution in [-0.4, -0.2) is 23.2 Å². The van der Waals surface area contributed by atoms with E-state index in [1.807, 2.05) is 37.3 Å². The Morgan fingerprint density at radius 1 is 1.25 bits per heavy atom. The number of benzene rings is 2. The van der Waals surface area contributed by atoms with Crippen molar-refractivity contribution in [1.82, 2.24) is 3.97 Å². The third kappa shape index (κ3) is 4.67. The van der Waals surface area contributed by atoms with Crippen LogP contribution in [-0.2, 0) is 13.8 Å². The molecule has 0 aliphatic heterocycles. The number of allylic oxidation sites excluding steroid dienone is 1. The third-order valence-electron chi connectivity index (χ3n) is 4.73. The Hall–Kier alpha value is -2.05. The van der Waals surface area contributed by atoms with Crippen LogP contribution < -0.4 is 10.6 Å². The zero-order valence-corrected chi connectivity index (χ0v) is 21.8. The number of nitriles is 1. The van der Waals surface area contributed by atoms with Crippen LogP contribution >= 0.6 is 42.8 Å². The van der Waals surface area contributed by atoms with E-state index in [4.69, 9.17) is 14.5 Å². The van der Waals surface area contributed by atoms with E-state index < -0.39 is 13.3 Å². The molecule has 0 saturated heterocycles. The highest BCUT2D eigenvalue weighted by Gasteiger charge is 2.39. The quantitative estimate of drug-likeness (QED) is 0.136. The Balaban J connectivity index is 2.43. The summed E-state index contributed by atoms with van der Waals surface area (Å²) in [4.78, 5) is 13.0. The van der Waals surface area contributed by atoms with Gasteiger partial charge in [-0.1, -0.05) is 18.9 Å². The minimum Gasteiger partial charge on any atom is -0.461 e. The molecule has 0 aliphatic rings. The van der Waals surface area contributed by atoms with E-state index in [1.54, 1.807) is 32.1 Å². The first-order valence-electron chi connectivity index (χ1n) is 9.90. The lowest BCUT2D eigenvalue weighted by Crippen LogP contribution is -2.25. The van der Waals surface area contributed by atoms with Gasteiger partial charge in [-0.2, -0.15) is 5.26 Å². The summed E-state index contributed by atoms with van der Waals surface area (Å²) in [6.07, 6.45) is 3.00. The second kappa shape index (κ2) is 10.3. The van der Waals surface area contributed by atoms with E-state index in [1.165, 1.54) is 10.0 Å². The molecule has 0 fully saturated rings.